The minimum absolute atomic E-state index is 0.248. The Hall–Kier alpha value is -1.56. The van der Waals surface area contributed by atoms with Crippen LogP contribution in [0.3, 0.4) is 0 Å². The van der Waals surface area contributed by atoms with Crippen molar-refractivity contribution in [2.45, 2.75) is 13.3 Å². The third-order valence-electron chi connectivity index (χ3n) is 2.68. The van der Waals surface area contributed by atoms with Gasteiger partial charge in [-0.2, -0.15) is 0 Å². The number of nitrogens with zero attached hydrogens (tertiary/aromatic N) is 1. The Morgan fingerprint density at radius 1 is 1.41 bits per heavy atom. The van der Waals surface area contributed by atoms with Gasteiger partial charge in [0, 0.05) is 23.1 Å². The Morgan fingerprint density at radius 2 is 2.12 bits per heavy atom. The van der Waals surface area contributed by atoms with Crippen molar-refractivity contribution in [1.29, 1.82) is 0 Å². The van der Waals surface area contributed by atoms with E-state index < -0.39 is 6.03 Å². The molecule has 1 heterocycles. The maximum atomic E-state index is 11.7. The number of carbonyl (C=O) groups excluding carboxylic acids is 2. The van der Waals surface area contributed by atoms with Crippen molar-refractivity contribution in [1.82, 2.24) is 5.32 Å². The quantitative estimate of drug-likeness (QED) is 0.776. The Kier molecular flexibility index (Phi) is 3.06. The molecule has 1 aliphatic rings. The molecule has 17 heavy (non-hydrogen) atoms. The van der Waals surface area contributed by atoms with Crippen LogP contribution in [-0.4, -0.2) is 18.5 Å². The molecule has 0 saturated carbocycles. The largest absolute Gasteiger partial charge is 0.398 e. The minimum Gasteiger partial charge on any atom is -0.398 e. The number of carbonyl (C=O) groups is 2. The van der Waals surface area contributed by atoms with Gasteiger partial charge in [0.2, 0.25) is 5.91 Å². The van der Waals surface area contributed by atoms with Crippen LogP contribution in [-0.2, 0) is 4.79 Å². The van der Waals surface area contributed by atoms with Gasteiger partial charge in [-0.25, -0.2) is 4.79 Å². The average Bonchev–Trinajstić information content (AvgIpc) is 2.24. The van der Waals surface area contributed by atoms with Crippen molar-refractivity contribution in [2.75, 3.05) is 17.2 Å². The number of benzene rings is 1. The summed E-state index contributed by atoms with van der Waals surface area (Å²) in [5, 5.41) is 2.28. The van der Waals surface area contributed by atoms with Crippen LogP contribution in [0.15, 0.2) is 16.6 Å². The molecule has 3 N–H and O–H groups in total. The number of hydrogen-bond donors (Lipinski definition) is 2. The number of anilines is 2. The van der Waals surface area contributed by atoms with Gasteiger partial charge in [-0.05, 0) is 40.5 Å². The maximum Gasteiger partial charge on any atom is 0.328 e. The predicted octanol–water partition coefficient (Wildman–Crippen LogP) is 1.79. The summed E-state index contributed by atoms with van der Waals surface area (Å²) < 4.78 is 0.786. The maximum absolute atomic E-state index is 11.7. The molecule has 1 aromatic carbocycles. The summed E-state index contributed by atoms with van der Waals surface area (Å²) in [4.78, 5) is 24.2. The minimum atomic E-state index is -0.412. The summed E-state index contributed by atoms with van der Waals surface area (Å²) in [6.07, 6.45) is 0.298. The van der Waals surface area contributed by atoms with Gasteiger partial charge in [0.05, 0.1) is 5.69 Å². The number of urea groups is 1. The summed E-state index contributed by atoms with van der Waals surface area (Å²) in [7, 11) is 0. The number of amides is 3. The lowest BCUT2D eigenvalue weighted by Crippen LogP contribution is -2.49. The summed E-state index contributed by atoms with van der Waals surface area (Å²) in [6, 6.07) is 3.17. The molecular weight excluding hydrogens is 286 g/mol. The summed E-state index contributed by atoms with van der Waals surface area (Å²) in [5.41, 5.74) is 8.06. The van der Waals surface area contributed by atoms with Gasteiger partial charge in [0.1, 0.15) is 0 Å². The molecule has 0 aliphatic carbocycles. The van der Waals surface area contributed by atoms with E-state index in [1.807, 2.05) is 13.0 Å². The molecule has 1 fully saturated rings. The molecule has 0 unspecified atom stereocenters. The molecule has 1 aliphatic heterocycles. The van der Waals surface area contributed by atoms with Gasteiger partial charge < -0.3 is 5.73 Å². The predicted molar refractivity (Wildman–Crippen MR) is 68.8 cm³/mol. The van der Waals surface area contributed by atoms with E-state index in [1.165, 1.54) is 4.90 Å². The zero-order valence-corrected chi connectivity index (χ0v) is 10.9. The van der Waals surface area contributed by atoms with Crippen molar-refractivity contribution in [3.8, 4) is 0 Å². The third-order valence-corrected chi connectivity index (χ3v) is 3.32. The van der Waals surface area contributed by atoms with E-state index in [1.54, 1.807) is 6.07 Å². The molecule has 3 amide bonds. The van der Waals surface area contributed by atoms with Gasteiger partial charge in [-0.1, -0.05) is 0 Å². The zero-order chi connectivity index (χ0) is 12.6. The van der Waals surface area contributed by atoms with Crippen LogP contribution in [0, 0.1) is 6.92 Å². The fraction of sp³-hybridized carbons (Fsp3) is 0.273. The van der Waals surface area contributed by atoms with Gasteiger partial charge in [0.25, 0.3) is 0 Å². The highest BCUT2D eigenvalue weighted by atomic mass is 79.9. The third kappa shape index (κ3) is 2.26. The molecular formula is C11H12BrN3O2. The van der Waals surface area contributed by atoms with Crippen molar-refractivity contribution in [3.05, 3.63) is 22.2 Å². The Balaban J connectivity index is 2.37. The summed E-state index contributed by atoms with van der Waals surface area (Å²) in [6.45, 7) is 2.26. The highest BCUT2D eigenvalue weighted by Gasteiger charge is 2.25. The van der Waals surface area contributed by atoms with E-state index in [-0.39, 0.29) is 5.91 Å². The standard InChI is InChI=1S/C11H12BrN3O2/c1-6-4-7(12)9(5-8(6)13)15-3-2-10(16)14-11(15)17/h4-5H,2-3,13H2,1H3,(H,14,16,17). The lowest BCUT2D eigenvalue weighted by Gasteiger charge is -2.27. The SMILES string of the molecule is Cc1cc(Br)c(N2CCC(=O)NC2=O)cc1N. The van der Waals surface area contributed by atoms with E-state index >= 15 is 0 Å². The smallest absolute Gasteiger partial charge is 0.328 e. The molecule has 0 radical (unpaired) electrons. The second-order valence-electron chi connectivity index (χ2n) is 3.92. The number of nitrogens with two attached hydrogens (primary N) is 1. The molecule has 0 atom stereocenters. The van der Waals surface area contributed by atoms with Crippen LogP contribution in [0.2, 0.25) is 0 Å². The van der Waals surface area contributed by atoms with Crippen LogP contribution >= 0.6 is 15.9 Å². The van der Waals surface area contributed by atoms with Crippen LogP contribution in [0.4, 0.5) is 16.2 Å². The van der Waals surface area contributed by atoms with E-state index in [9.17, 15) is 9.59 Å². The van der Waals surface area contributed by atoms with E-state index in [2.05, 4.69) is 21.2 Å². The van der Waals surface area contributed by atoms with Crippen molar-refractivity contribution in [2.24, 2.45) is 0 Å². The topological polar surface area (TPSA) is 75.4 Å². The van der Waals surface area contributed by atoms with Gasteiger partial charge in [-0.3, -0.25) is 15.0 Å². The van der Waals surface area contributed by atoms with Gasteiger partial charge >= 0.3 is 6.03 Å². The molecule has 90 valence electrons. The van der Waals surface area contributed by atoms with Crippen LogP contribution in [0.1, 0.15) is 12.0 Å². The van der Waals surface area contributed by atoms with Crippen molar-refractivity contribution < 1.29 is 9.59 Å². The normalized spacial score (nSPS) is 16.0. The lowest BCUT2D eigenvalue weighted by molar-refractivity contribution is -0.120. The second-order valence-corrected chi connectivity index (χ2v) is 4.77. The fourth-order valence-electron chi connectivity index (χ4n) is 1.68. The molecule has 0 spiro atoms. The zero-order valence-electron chi connectivity index (χ0n) is 9.29. The molecule has 0 aromatic heterocycles. The molecule has 1 aromatic rings. The molecule has 1 saturated heterocycles. The first-order chi connectivity index (χ1) is 7.99. The van der Waals surface area contributed by atoms with Crippen LogP contribution in [0.25, 0.3) is 0 Å². The summed E-state index contributed by atoms with van der Waals surface area (Å²) in [5.74, 6) is -0.248. The molecule has 5 nitrogen and oxygen atoms in total. The first-order valence-corrected chi connectivity index (χ1v) is 5.95. The Morgan fingerprint density at radius 3 is 2.76 bits per heavy atom. The van der Waals surface area contributed by atoms with E-state index in [0.29, 0.717) is 24.3 Å². The van der Waals surface area contributed by atoms with Crippen molar-refractivity contribution in [3.63, 3.8) is 0 Å². The molecule has 6 heteroatoms. The first-order valence-electron chi connectivity index (χ1n) is 5.16. The van der Waals surface area contributed by atoms with Crippen LogP contribution < -0.4 is 16.0 Å². The fourth-order valence-corrected chi connectivity index (χ4v) is 2.35. The number of nitrogens with one attached hydrogen (secondary N) is 1. The highest BCUT2D eigenvalue weighted by molar-refractivity contribution is 9.10. The number of imide groups is 1. The molecule has 0 bridgehead atoms. The monoisotopic (exact) mass is 297 g/mol. The highest BCUT2D eigenvalue weighted by Crippen LogP contribution is 2.31. The molecule has 2 rings (SSSR count). The second kappa shape index (κ2) is 4.37. The number of nitrogen functional groups attached to an aromatic ring is 1. The number of aryl methyl sites for hydroxylation is 1. The van der Waals surface area contributed by atoms with Gasteiger partial charge in [-0.15, -0.1) is 0 Å². The Bertz CT molecular complexity index is 502. The number of halogens is 1. The number of hydrogen-bond acceptors (Lipinski definition) is 3. The van der Waals surface area contributed by atoms with E-state index in [0.717, 1.165) is 10.0 Å². The van der Waals surface area contributed by atoms with Gasteiger partial charge in [0.15, 0.2) is 0 Å². The Labute approximate surface area is 107 Å². The first kappa shape index (κ1) is 11.9. The average molecular weight is 298 g/mol. The van der Waals surface area contributed by atoms with Crippen LogP contribution in [0.5, 0.6) is 0 Å². The lowest BCUT2D eigenvalue weighted by atomic mass is 10.1. The van der Waals surface area contributed by atoms with Crippen molar-refractivity contribution >= 4 is 39.2 Å². The number of rotatable bonds is 1. The van der Waals surface area contributed by atoms with E-state index in [4.69, 9.17) is 5.73 Å². The summed E-state index contributed by atoms with van der Waals surface area (Å²) >= 11 is 3.40.